The summed E-state index contributed by atoms with van der Waals surface area (Å²) in [4.78, 5) is 4.44. The third-order valence-corrected chi connectivity index (χ3v) is 3.00. The number of nitrogens with zero attached hydrogens (tertiary/aromatic N) is 1. The molecule has 15 heavy (non-hydrogen) atoms. The Morgan fingerprint density at radius 2 is 2.13 bits per heavy atom. The van der Waals surface area contributed by atoms with Crippen LogP contribution in [0.2, 0.25) is 0 Å². The van der Waals surface area contributed by atoms with Gasteiger partial charge in [-0.05, 0) is 36.1 Å². The van der Waals surface area contributed by atoms with Crippen LogP contribution in [-0.4, -0.2) is 5.17 Å². The van der Waals surface area contributed by atoms with Crippen molar-refractivity contribution in [3.05, 3.63) is 41.3 Å². The average molecular weight is 219 g/mol. The Kier molecular flexibility index (Phi) is 2.44. The van der Waals surface area contributed by atoms with Gasteiger partial charge in [-0.15, -0.1) is 0 Å². The largest absolute Gasteiger partial charge is 0.399 e. The van der Waals surface area contributed by atoms with E-state index in [1.165, 1.54) is 11.8 Å². The lowest BCUT2D eigenvalue weighted by Gasteiger charge is -2.25. The van der Waals surface area contributed by atoms with Gasteiger partial charge in [0.05, 0.1) is 0 Å². The van der Waals surface area contributed by atoms with Gasteiger partial charge in [0.25, 0.3) is 0 Å². The molecule has 0 aliphatic carbocycles. The Hall–Kier alpha value is -1.42. The van der Waals surface area contributed by atoms with E-state index in [4.69, 9.17) is 11.5 Å². The number of hydrogen-bond donors (Lipinski definition) is 2. The molecular formula is C11H13N3S. The Labute approximate surface area is 93.3 Å². The maximum Gasteiger partial charge on any atom is 0.159 e. The second-order valence-corrected chi connectivity index (χ2v) is 4.57. The summed E-state index contributed by atoms with van der Waals surface area (Å²) >= 11 is 1.44. The molecule has 1 atom stereocenters. The molecule has 1 aliphatic heterocycles. The number of aliphatic imine (C=N–C) groups is 1. The van der Waals surface area contributed by atoms with Crippen molar-refractivity contribution in [3.8, 4) is 0 Å². The van der Waals surface area contributed by atoms with Crippen molar-refractivity contribution in [2.45, 2.75) is 12.5 Å². The molecule has 0 fully saturated rings. The number of benzene rings is 1. The number of nitrogen functional groups attached to an aromatic ring is 1. The van der Waals surface area contributed by atoms with Crippen LogP contribution in [0.3, 0.4) is 0 Å². The predicted molar refractivity (Wildman–Crippen MR) is 66.6 cm³/mol. The van der Waals surface area contributed by atoms with E-state index in [0.29, 0.717) is 5.17 Å². The first-order valence-corrected chi connectivity index (χ1v) is 5.54. The number of anilines is 1. The van der Waals surface area contributed by atoms with Crippen LogP contribution >= 0.6 is 11.8 Å². The lowest BCUT2D eigenvalue weighted by Crippen LogP contribution is -2.23. The highest BCUT2D eigenvalue weighted by Crippen LogP contribution is 2.32. The molecule has 0 radical (unpaired) electrons. The third-order valence-electron chi connectivity index (χ3n) is 2.39. The number of rotatable bonds is 1. The summed E-state index contributed by atoms with van der Waals surface area (Å²) in [5.74, 6) is 0. The monoisotopic (exact) mass is 219 g/mol. The zero-order valence-electron chi connectivity index (χ0n) is 8.47. The van der Waals surface area contributed by atoms with Gasteiger partial charge in [-0.25, -0.2) is 4.99 Å². The van der Waals surface area contributed by atoms with Crippen LogP contribution in [0, 0.1) is 0 Å². The van der Waals surface area contributed by atoms with Gasteiger partial charge in [0.15, 0.2) is 5.17 Å². The minimum Gasteiger partial charge on any atom is -0.399 e. The molecule has 1 aromatic carbocycles. The first-order chi connectivity index (χ1) is 7.10. The first kappa shape index (κ1) is 10.1. The first-order valence-electron chi connectivity index (χ1n) is 4.66. The number of hydrogen-bond acceptors (Lipinski definition) is 4. The van der Waals surface area contributed by atoms with E-state index < -0.39 is 0 Å². The van der Waals surface area contributed by atoms with Crippen LogP contribution in [0.15, 0.2) is 40.7 Å². The van der Waals surface area contributed by atoms with Gasteiger partial charge in [0, 0.05) is 5.69 Å². The molecule has 4 N–H and O–H groups in total. The molecule has 0 saturated carbocycles. The summed E-state index contributed by atoms with van der Waals surface area (Å²) in [5, 5.41) is 2.55. The molecule has 1 aromatic rings. The fraction of sp³-hybridized carbons (Fsp3) is 0.182. The van der Waals surface area contributed by atoms with E-state index >= 15 is 0 Å². The van der Waals surface area contributed by atoms with Gasteiger partial charge in [0.1, 0.15) is 5.54 Å². The normalized spacial score (nSPS) is 25.0. The van der Waals surface area contributed by atoms with E-state index in [-0.39, 0.29) is 5.54 Å². The summed E-state index contributed by atoms with van der Waals surface area (Å²) in [5.41, 5.74) is 12.9. The molecule has 78 valence electrons. The van der Waals surface area contributed by atoms with Gasteiger partial charge >= 0.3 is 0 Å². The van der Waals surface area contributed by atoms with Crippen LogP contribution in [-0.2, 0) is 5.54 Å². The molecule has 0 aromatic heterocycles. The second kappa shape index (κ2) is 3.62. The summed E-state index contributed by atoms with van der Waals surface area (Å²) in [6, 6.07) is 7.73. The topological polar surface area (TPSA) is 64.4 Å². The predicted octanol–water partition coefficient (Wildman–Crippen LogP) is 2.06. The number of nitrogens with two attached hydrogens (primary N) is 2. The van der Waals surface area contributed by atoms with Crippen molar-refractivity contribution < 1.29 is 0 Å². The van der Waals surface area contributed by atoms with E-state index in [9.17, 15) is 0 Å². The maximum atomic E-state index is 5.75. The second-order valence-electron chi connectivity index (χ2n) is 3.64. The fourth-order valence-electron chi connectivity index (χ4n) is 1.54. The molecule has 2 rings (SSSR count). The summed E-state index contributed by atoms with van der Waals surface area (Å²) in [7, 11) is 0. The molecule has 0 bridgehead atoms. The van der Waals surface area contributed by atoms with E-state index in [0.717, 1.165) is 11.3 Å². The molecule has 0 unspecified atom stereocenters. The molecule has 0 amide bonds. The van der Waals surface area contributed by atoms with Gasteiger partial charge < -0.3 is 11.5 Å². The summed E-state index contributed by atoms with van der Waals surface area (Å²) < 4.78 is 0. The maximum absolute atomic E-state index is 5.75. The standard InChI is InChI=1S/C11H13N3S/c1-11(5-6-15-10(13)14-11)8-3-2-4-9(12)7-8/h2-7H,12H2,1H3,(H2,13,14)/t11-/m0/s1. The number of thioether (sulfide) groups is 1. The lowest BCUT2D eigenvalue weighted by molar-refractivity contribution is 0.635. The quantitative estimate of drug-likeness (QED) is 0.710. The van der Waals surface area contributed by atoms with Crippen molar-refractivity contribution in [1.82, 2.24) is 0 Å². The molecule has 3 nitrogen and oxygen atoms in total. The Balaban J connectivity index is 2.45. The van der Waals surface area contributed by atoms with E-state index in [1.54, 1.807) is 0 Å². The van der Waals surface area contributed by atoms with Crippen LogP contribution in [0.5, 0.6) is 0 Å². The molecule has 4 heteroatoms. The highest BCUT2D eigenvalue weighted by molar-refractivity contribution is 8.16. The van der Waals surface area contributed by atoms with Crippen LogP contribution in [0.1, 0.15) is 12.5 Å². The van der Waals surface area contributed by atoms with Crippen molar-refractivity contribution in [2.24, 2.45) is 10.7 Å². The van der Waals surface area contributed by atoms with Crippen molar-refractivity contribution >= 4 is 22.6 Å². The highest BCUT2D eigenvalue weighted by atomic mass is 32.2. The minimum atomic E-state index is -0.384. The fourth-order valence-corrected chi connectivity index (χ4v) is 2.26. The highest BCUT2D eigenvalue weighted by Gasteiger charge is 2.25. The van der Waals surface area contributed by atoms with Gasteiger partial charge in [0.2, 0.25) is 0 Å². The summed E-state index contributed by atoms with van der Waals surface area (Å²) in [6.07, 6.45) is 2.03. The minimum absolute atomic E-state index is 0.384. The molecule has 1 aliphatic rings. The average Bonchev–Trinajstić information content (AvgIpc) is 2.17. The lowest BCUT2D eigenvalue weighted by atomic mass is 9.92. The SMILES string of the molecule is C[C@@]1(c2cccc(N)c2)C=CSC(N)=N1. The molecule has 1 heterocycles. The van der Waals surface area contributed by atoms with Gasteiger partial charge in [-0.2, -0.15) is 0 Å². The van der Waals surface area contributed by atoms with Crippen molar-refractivity contribution in [3.63, 3.8) is 0 Å². The van der Waals surface area contributed by atoms with Gasteiger partial charge in [-0.3, -0.25) is 0 Å². The van der Waals surface area contributed by atoms with Gasteiger partial charge in [-0.1, -0.05) is 23.9 Å². The van der Waals surface area contributed by atoms with E-state index in [1.807, 2.05) is 42.7 Å². The molecule has 0 saturated heterocycles. The van der Waals surface area contributed by atoms with Crippen LogP contribution in [0.25, 0.3) is 0 Å². The van der Waals surface area contributed by atoms with Crippen molar-refractivity contribution in [1.29, 1.82) is 0 Å². The number of amidine groups is 1. The van der Waals surface area contributed by atoms with Crippen LogP contribution in [0.4, 0.5) is 5.69 Å². The Bertz CT molecular complexity index is 439. The van der Waals surface area contributed by atoms with Crippen LogP contribution < -0.4 is 11.5 Å². The summed E-state index contributed by atoms with van der Waals surface area (Å²) in [6.45, 7) is 2.02. The third kappa shape index (κ3) is 1.99. The van der Waals surface area contributed by atoms with Crippen molar-refractivity contribution in [2.75, 3.05) is 5.73 Å². The van der Waals surface area contributed by atoms with E-state index in [2.05, 4.69) is 4.99 Å². The molecular weight excluding hydrogens is 206 g/mol. The molecule has 0 spiro atoms. The Morgan fingerprint density at radius 3 is 2.80 bits per heavy atom. The Morgan fingerprint density at radius 1 is 1.33 bits per heavy atom. The zero-order chi connectivity index (χ0) is 10.9. The smallest absolute Gasteiger partial charge is 0.159 e. The zero-order valence-corrected chi connectivity index (χ0v) is 9.29.